The Labute approximate surface area is 134 Å². The molecule has 22 heavy (non-hydrogen) atoms. The van der Waals surface area contributed by atoms with E-state index in [1.165, 1.54) is 0 Å². The van der Waals surface area contributed by atoms with Gasteiger partial charge in [-0.25, -0.2) is 5.10 Å². The molecule has 1 amide bonds. The van der Waals surface area contributed by atoms with Gasteiger partial charge in [0.2, 0.25) is 5.91 Å². The third-order valence-corrected chi connectivity index (χ3v) is 3.94. The molecule has 0 bridgehead atoms. The number of fused-ring (bicyclic) bond motifs is 1. The molecule has 0 spiro atoms. The Hall–Kier alpha value is -2.47. The number of benzene rings is 2. The van der Waals surface area contributed by atoms with Gasteiger partial charge in [-0.2, -0.15) is 5.10 Å². The number of H-pyrrole nitrogens is 1. The van der Waals surface area contributed by atoms with Crippen LogP contribution in [0, 0.1) is 0 Å². The Morgan fingerprint density at radius 2 is 1.77 bits per heavy atom. The molecule has 0 radical (unpaired) electrons. The normalized spacial score (nSPS) is 10.6. The molecule has 5 nitrogen and oxygen atoms in total. The van der Waals surface area contributed by atoms with Crippen LogP contribution in [-0.2, 0) is 11.2 Å². The zero-order valence-corrected chi connectivity index (χ0v) is 13.1. The first-order chi connectivity index (χ1) is 10.6. The Morgan fingerprint density at radius 3 is 2.55 bits per heavy atom. The van der Waals surface area contributed by atoms with E-state index in [1.807, 2.05) is 24.3 Å². The van der Waals surface area contributed by atoms with Crippen LogP contribution in [0.4, 0.5) is 5.69 Å². The minimum Gasteiger partial charge on any atom is -0.325 e. The molecule has 3 rings (SSSR count). The van der Waals surface area contributed by atoms with Gasteiger partial charge < -0.3 is 5.32 Å². The summed E-state index contributed by atoms with van der Waals surface area (Å²) in [5, 5.41) is 10.5. The molecule has 6 heteroatoms. The summed E-state index contributed by atoms with van der Waals surface area (Å²) in [5.41, 5.74) is 0.978. The number of carbonyl (C=O) groups is 1. The fourth-order valence-electron chi connectivity index (χ4n) is 2.22. The maximum Gasteiger partial charge on any atom is 0.272 e. The van der Waals surface area contributed by atoms with E-state index in [4.69, 9.17) is 0 Å². The van der Waals surface area contributed by atoms with E-state index in [-0.39, 0.29) is 17.9 Å². The van der Waals surface area contributed by atoms with E-state index in [9.17, 15) is 9.59 Å². The number of amides is 1. The average Bonchev–Trinajstić information content (AvgIpc) is 2.53. The molecule has 0 saturated heterocycles. The summed E-state index contributed by atoms with van der Waals surface area (Å²) in [6.07, 6.45) is 0.0820. The van der Waals surface area contributed by atoms with Gasteiger partial charge in [-0.1, -0.05) is 30.3 Å². The highest BCUT2D eigenvalue weighted by atomic mass is 79.9. The summed E-state index contributed by atoms with van der Waals surface area (Å²) in [5.74, 6) is -0.198. The van der Waals surface area contributed by atoms with Gasteiger partial charge in [-0.05, 0) is 34.1 Å². The van der Waals surface area contributed by atoms with Crippen molar-refractivity contribution in [2.45, 2.75) is 6.42 Å². The number of halogens is 1. The van der Waals surface area contributed by atoms with Crippen molar-refractivity contribution in [2.75, 3.05) is 5.32 Å². The van der Waals surface area contributed by atoms with Gasteiger partial charge in [0.25, 0.3) is 5.56 Å². The molecular formula is C16H12BrN3O2. The van der Waals surface area contributed by atoms with Gasteiger partial charge in [0.1, 0.15) is 0 Å². The van der Waals surface area contributed by atoms with Crippen LogP contribution < -0.4 is 10.9 Å². The number of hydrogen-bond donors (Lipinski definition) is 2. The molecule has 1 heterocycles. The van der Waals surface area contributed by atoms with Crippen molar-refractivity contribution in [3.63, 3.8) is 0 Å². The van der Waals surface area contributed by atoms with E-state index in [0.717, 1.165) is 4.47 Å². The summed E-state index contributed by atoms with van der Waals surface area (Å²) in [6.45, 7) is 0. The maximum absolute atomic E-state index is 12.2. The fourth-order valence-corrected chi connectivity index (χ4v) is 2.60. The molecule has 110 valence electrons. The molecule has 0 aliphatic heterocycles. The van der Waals surface area contributed by atoms with Crippen LogP contribution in [0.2, 0.25) is 0 Å². The van der Waals surface area contributed by atoms with Crippen LogP contribution in [0.5, 0.6) is 0 Å². The largest absolute Gasteiger partial charge is 0.325 e. The van der Waals surface area contributed by atoms with Gasteiger partial charge in [-0.15, -0.1) is 0 Å². The second kappa shape index (κ2) is 6.11. The van der Waals surface area contributed by atoms with Crippen molar-refractivity contribution in [2.24, 2.45) is 0 Å². The summed E-state index contributed by atoms with van der Waals surface area (Å²) >= 11 is 3.38. The monoisotopic (exact) mass is 357 g/mol. The van der Waals surface area contributed by atoms with E-state index >= 15 is 0 Å². The zero-order chi connectivity index (χ0) is 15.5. The van der Waals surface area contributed by atoms with Gasteiger partial charge in [-0.3, -0.25) is 9.59 Å². The second-order valence-electron chi connectivity index (χ2n) is 4.75. The van der Waals surface area contributed by atoms with Crippen molar-refractivity contribution >= 4 is 38.3 Å². The summed E-state index contributed by atoms with van der Waals surface area (Å²) in [4.78, 5) is 23.9. The van der Waals surface area contributed by atoms with Crippen LogP contribution >= 0.6 is 15.9 Å². The predicted octanol–water partition coefficient (Wildman–Crippen LogP) is 2.87. The van der Waals surface area contributed by atoms with E-state index in [0.29, 0.717) is 22.2 Å². The summed E-state index contributed by atoms with van der Waals surface area (Å²) in [6, 6.07) is 14.5. The number of carbonyl (C=O) groups excluding carboxylic acids is 1. The highest BCUT2D eigenvalue weighted by molar-refractivity contribution is 9.10. The van der Waals surface area contributed by atoms with E-state index in [1.54, 1.807) is 24.3 Å². The first-order valence-electron chi connectivity index (χ1n) is 6.66. The third kappa shape index (κ3) is 2.92. The minimum atomic E-state index is -0.259. The van der Waals surface area contributed by atoms with E-state index in [2.05, 4.69) is 31.4 Å². The number of nitrogens with one attached hydrogen (secondary N) is 2. The molecule has 0 unspecified atom stereocenters. The standard InChI is InChI=1S/C16H12BrN3O2/c17-12-7-3-4-8-13(12)18-15(21)9-14-10-5-1-2-6-11(10)16(22)20-19-14/h1-8H,9H2,(H,18,21)(H,20,22). The Kier molecular flexibility index (Phi) is 4.02. The van der Waals surface area contributed by atoms with Gasteiger partial charge in [0, 0.05) is 9.86 Å². The summed E-state index contributed by atoms with van der Waals surface area (Å²) < 4.78 is 0.808. The summed E-state index contributed by atoms with van der Waals surface area (Å²) in [7, 11) is 0. The van der Waals surface area contributed by atoms with Crippen LogP contribution in [0.1, 0.15) is 5.69 Å². The Balaban J connectivity index is 1.88. The number of para-hydroxylation sites is 1. The molecule has 2 N–H and O–H groups in total. The maximum atomic E-state index is 12.2. The molecule has 2 aromatic carbocycles. The molecular weight excluding hydrogens is 346 g/mol. The molecule has 0 aliphatic carbocycles. The molecule has 0 saturated carbocycles. The number of aromatic nitrogens is 2. The van der Waals surface area contributed by atoms with Crippen molar-refractivity contribution in [3.8, 4) is 0 Å². The number of rotatable bonds is 3. The van der Waals surface area contributed by atoms with Crippen molar-refractivity contribution in [1.29, 1.82) is 0 Å². The van der Waals surface area contributed by atoms with Crippen molar-refractivity contribution in [3.05, 3.63) is 69.1 Å². The zero-order valence-electron chi connectivity index (χ0n) is 11.5. The predicted molar refractivity (Wildman–Crippen MR) is 88.8 cm³/mol. The van der Waals surface area contributed by atoms with Crippen LogP contribution in [0.3, 0.4) is 0 Å². The average molecular weight is 358 g/mol. The smallest absolute Gasteiger partial charge is 0.272 e. The lowest BCUT2D eigenvalue weighted by atomic mass is 10.1. The lowest BCUT2D eigenvalue weighted by Gasteiger charge is -2.08. The Morgan fingerprint density at radius 1 is 1.09 bits per heavy atom. The second-order valence-corrected chi connectivity index (χ2v) is 5.60. The van der Waals surface area contributed by atoms with Gasteiger partial charge in [0.05, 0.1) is 23.2 Å². The molecule has 3 aromatic rings. The molecule has 1 aromatic heterocycles. The number of aromatic amines is 1. The molecule has 0 fully saturated rings. The van der Waals surface area contributed by atoms with Gasteiger partial charge in [0.15, 0.2) is 0 Å². The topological polar surface area (TPSA) is 74.8 Å². The molecule has 0 aliphatic rings. The van der Waals surface area contributed by atoms with Crippen molar-refractivity contribution < 1.29 is 4.79 Å². The number of nitrogens with zero attached hydrogens (tertiary/aromatic N) is 1. The van der Waals surface area contributed by atoms with Crippen LogP contribution in [0.25, 0.3) is 10.8 Å². The highest BCUT2D eigenvalue weighted by Crippen LogP contribution is 2.21. The highest BCUT2D eigenvalue weighted by Gasteiger charge is 2.11. The SMILES string of the molecule is O=C(Cc1n[nH]c(=O)c2ccccc12)Nc1ccccc1Br. The third-order valence-electron chi connectivity index (χ3n) is 3.25. The first-order valence-corrected chi connectivity index (χ1v) is 7.45. The van der Waals surface area contributed by atoms with Crippen LogP contribution in [0.15, 0.2) is 57.8 Å². The molecule has 0 atom stereocenters. The van der Waals surface area contributed by atoms with Crippen molar-refractivity contribution in [1.82, 2.24) is 10.2 Å². The van der Waals surface area contributed by atoms with E-state index < -0.39 is 0 Å². The quantitative estimate of drug-likeness (QED) is 0.756. The number of anilines is 1. The first kappa shape index (κ1) is 14.5. The lowest BCUT2D eigenvalue weighted by Crippen LogP contribution is -2.18. The Bertz CT molecular complexity index is 905. The van der Waals surface area contributed by atoms with Crippen LogP contribution in [-0.4, -0.2) is 16.1 Å². The fraction of sp³-hybridized carbons (Fsp3) is 0.0625. The van der Waals surface area contributed by atoms with Gasteiger partial charge >= 0.3 is 0 Å². The minimum absolute atomic E-state index is 0.0820. The lowest BCUT2D eigenvalue weighted by molar-refractivity contribution is -0.115. The number of hydrogen-bond acceptors (Lipinski definition) is 3.